The first-order chi connectivity index (χ1) is 8.50. The molecule has 0 aromatic carbocycles. The fourth-order valence-electron chi connectivity index (χ4n) is 2.36. The van der Waals surface area contributed by atoms with Gasteiger partial charge in [0.25, 0.3) is 5.56 Å². The average molecular weight is 271 g/mol. The number of hydrogen-bond donors (Lipinski definition) is 1. The van der Waals surface area contributed by atoms with Crippen LogP contribution in [-0.2, 0) is 6.54 Å². The molecule has 2 rings (SSSR count). The van der Waals surface area contributed by atoms with Crippen molar-refractivity contribution in [2.24, 2.45) is 5.92 Å². The fourth-order valence-corrected chi connectivity index (χ4v) is 2.74. The lowest BCUT2D eigenvalue weighted by atomic mass is 9.83. The second-order valence-corrected chi connectivity index (χ2v) is 5.73. The molecule has 1 aromatic heterocycles. The summed E-state index contributed by atoms with van der Waals surface area (Å²) in [6.07, 6.45) is 4.62. The third-order valence-electron chi connectivity index (χ3n) is 3.74. The Morgan fingerprint density at radius 3 is 2.56 bits per heavy atom. The van der Waals surface area contributed by atoms with Gasteiger partial charge in [-0.25, -0.2) is 4.79 Å². The maximum absolute atomic E-state index is 12.2. The van der Waals surface area contributed by atoms with Crippen molar-refractivity contribution in [3.05, 3.63) is 31.6 Å². The highest BCUT2D eigenvalue weighted by atomic mass is 35.5. The summed E-state index contributed by atoms with van der Waals surface area (Å²) in [5, 5.41) is 0.180. The molecule has 1 N–H and O–H groups in total. The third-order valence-corrected chi connectivity index (χ3v) is 4.03. The van der Waals surface area contributed by atoms with Gasteiger partial charge in [-0.15, -0.1) is 0 Å². The second kappa shape index (κ2) is 5.31. The van der Waals surface area contributed by atoms with Crippen molar-refractivity contribution in [2.75, 3.05) is 0 Å². The SMILES string of the molecule is CC(C)c1c(Cl)[nH]c(=O)n(CCC2CCC2)c1=O. The number of hydrogen-bond acceptors (Lipinski definition) is 2. The molecular weight excluding hydrogens is 252 g/mol. The van der Waals surface area contributed by atoms with E-state index < -0.39 is 5.69 Å². The largest absolute Gasteiger partial charge is 0.329 e. The van der Waals surface area contributed by atoms with Crippen molar-refractivity contribution in [1.29, 1.82) is 0 Å². The second-order valence-electron chi connectivity index (χ2n) is 5.35. The van der Waals surface area contributed by atoms with E-state index in [4.69, 9.17) is 11.6 Å². The number of H-pyrrole nitrogens is 1. The molecular formula is C13H19ClN2O2. The number of aromatic amines is 1. The molecule has 100 valence electrons. The normalized spacial score (nSPS) is 16.0. The molecule has 1 fully saturated rings. The minimum absolute atomic E-state index is 0.0109. The van der Waals surface area contributed by atoms with Gasteiger partial charge in [-0.05, 0) is 18.3 Å². The Morgan fingerprint density at radius 1 is 1.39 bits per heavy atom. The zero-order valence-electron chi connectivity index (χ0n) is 10.8. The third kappa shape index (κ3) is 2.53. The highest BCUT2D eigenvalue weighted by Gasteiger charge is 2.19. The maximum atomic E-state index is 12.2. The number of nitrogens with zero attached hydrogens (tertiary/aromatic N) is 1. The van der Waals surface area contributed by atoms with Crippen molar-refractivity contribution in [1.82, 2.24) is 9.55 Å². The standard InChI is InChI=1S/C13H19ClN2O2/c1-8(2)10-11(14)15-13(18)16(12(10)17)7-6-9-4-3-5-9/h8-9H,3-7H2,1-2H3,(H,15,18). The molecule has 1 saturated carbocycles. The lowest BCUT2D eigenvalue weighted by molar-refractivity contribution is 0.279. The number of nitrogens with one attached hydrogen (secondary N) is 1. The monoisotopic (exact) mass is 270 g/mol. The van der Waals surface area contributed by atoms with E-state index in [2.05, 4.69) is 4.98 Å². The summed E-state index contributed by atoms with van der Waals surface area (Å²) in [4.78, 5) is 26.6. The van der Waals surface area contributed by atoms with E-state index in [1.807, 2.05) is 13.8 Å². The van der Waals surface area contributed by atoms with Gasteiger partial charge in [0.05, 0.1) is 5.56 Å². The maximum Gasteiger partial charge on any atom is 0.329 e. The van der Waals surface area contributed by atoms with Gasteiger partial charge in [0, 0.05) is 6.54 Å². The molecule has 1 aliphatic carbocycles. The summed E-state index contributed by atoms with van der Waals surface area (Å²) in [5.41, 5.74) is -0.128. The first-order valence-electron chi connectivity index (χ1n) is 6.53. The molecule has 1 aromatic rings. The van der Waals surface area contributed by atoms with E-state index in [-0.39, 0.29) is 16.6 Å². The summed E-state index contributed by atoms with van der Waals surface area (Å²) in [5.74, 6) is 0.686. The average Bonchev–Trinajstić information content (AvgIpc) is 2.18. The van der Waals surface area contributed by atoms with E-state index in [1.54, 1.807) is 0 Å². The number of halogens is 1. The van der Waals surface area contributed by atoms with Gasteiger partial charge < -0.3 is 0 Å². The molecule has 0 saturated heterocycles. The van der Waals surface area contributed by atoms with Gasteiger partial charge >= 0.3 is 5.69 Å². The minimum Gasteiger partial charge on any atom is -0.297 e. The zero-order valence-corrected chi connectivity index (χ0v) is 11.6. The van der Waals surface area contributed by atoms with Crippen molar-refractivity contribution in [3.8, 4) is 0 Å². The minimum atomic E-state index is -0.395. The Labute approximate surface area is 111 Å². The summed E-state index contributed by atoms with van der Waals surface area (Å²) in [6.45, 7) is 4.30. The van der Waals surface area contributed by atoms with Gasteiger partial charge in [-0.1, -0.05) is 44.7 Å². The van der Waals surface area contributed by atoms with Gasteiger partial charge in [0.15, 0.2) is 0 Å². The molecule has 4 nitrogen and oxygen atoms in total. The Kier molecular flexibility index (Phi) is 3.95. The molecule has 0 aliphatic heterocycles. The van der Waals surface area contributed by atoms with Crippen LogP contribution in [0.25, 0.3) is 0 Å². The summed E-state index contributed by atoms with van der Waals surface area (Å²) in [7, 11) is 0. The van der Waals surface area contributed by atoms with E-state index in [0.717, 1.165) is 6.42 Å². The first kappa shape index (κ1) is 13.4. The van der Waals surface area contributed by atoms with Crippen LogP contribution in [0.2, 0.25) is 5.15 Å². The van der Waals surface area contributed by atoms with Crippen LogP contribution in [0.15, 0.2) is 9.59 Å². The Morgan fingerprint density at radius 2 is 2.06 bits per heavy atom. The highest BCUT2D eigenvalue weighted by molar-refractivity contribution is 6.30. The molecule has 0 radical (unpaired) electrons. The van der Waals surface area contributed by atoms with Crippen LogP contribution in [0.3, 0.4) is 0 Å². The zero-order chi connectivity index (χ0) is 13.3. The van der Waals surface area contributed by atoms with Crippen LogP contribution < -0.4 is 11.2 Å². The topological polar surface area (TPSA) is 54.9 Å². The quantitative estimate of drug-likeness (QED) is 0.855. The van der Waals surface area contributed by atoms with E-state index in [1.165, 1.54) is 23.8 Å². The van der Waals surface area contributed by atoms with Gasteiger partial charge in [0.1, 0.15) is 5.15 Å². The van der Waals surface area contributed by atoms with Gasteiger partial charge in [0.2, 0.25) is 0 Å². The first-order valence-corrected chi connectivity index (χ1v) is 6.91. The van der Waals surface area contributed by atoms with Crippen molar-refractivity contribution in [3.63, 3.8) is 0 Å². The summed E-state index contributed by atoms with van der Waals surface area (Å²) < 4.78 is 1.29. The predicted octanol–water partition coefficient (Wildman–Crippen LogP) is 2.50. The van der Waals surface area contributed by atoms with E-state index in [0.29, 0.717) is 18.0 Å². The predicted molar refractivity (Wildman–Crippen MR) is 72.4 cm³/mol. The van der Waals surface area contributed by atoms with Crippen LogP contribution in [0.4, 0.5) is 0 Å². The van der Waals surface area contributed by atoms with Gasteiger partial charge in [-0.3, -0.25) is 14.3 Å². The van der Waals surface area contributed by atoms with Gasteiger partial charge in [-0.2, -0.15) is 0 Å². The Bertz CT molecular complexity index is 541. The molecule has 0 bridgehead atoms. The van der Waals surface area contributed by atoms with Crippen LogP contribution in [-0.4, -0.2) is 9.55 Å². The van der Waals surface area contributed by atoms with Crippen LogP contribution in [0, 0.1) is 5.92 Å². The van der Waals surface area contributed by atoms with Crippen LogP contribution >= 0.6 is 11.6 Å². The van der Waals surface area contributed by atoms with Crippen molar-refractivity contribution in [2.45, 2.75) is 52.0 Å². The summed E-state index contributed by atoms with van der Waals surface area (Å²) in [6, 6.07) is 0. The smallest absolute Gasteiger partial charge is 0.297 e. The molecule has 0 unspecified atom stereocenters. The van der Waals surface area contributed by atoms with E-state index in [9.17, 15) is 9.59 Å². The fraction of sp³-hybridized carbons (Fsp3) is 0.692. The Hall–Kier alpha value is -1.03. The summed E-state index contributed by atoms with van der Waals surface area (Å²) >= 11 is 5.93. The molecule has 1 aliphatic rings. The molecule has 1 heterocycles. The lowest BCUT2D eigenvalue weighted by Crippen LogP contribution is -2.38. The van der Waals surface area contributed by atoms with Crippen LogP contribution in [0.1, 0.15) is 51.0 Å². The van der Waals surface area contributed by atoms with E-state index >= 15 is 0 Å². The Balaban J connectivity index is 2.30. The molecule has 5 heteroatoms. The number of rotatable bonds is 4. The number of aromatic nitrogens is 2. The molecule has 0 amide bonds. The molecule has 0 atom stereocenters. The highest BCUT2D eigenvalue weighted by Crippen LogP contribution is 2.29. The lowest BCUT2D eigenvalue weighted by Gasteiger charge is -2.25. The molecule has 18 heavy (non-hydrogen) atoms. The van der Waals surface area contributed by atoms with Crippen molar-refractivity contribution < 1.29 is 0 Å². The molecule has 0 spiro atoms. The van der Waals surface area contributed by atoms with Crippen molar-refractivity contribution >= 4 is 11.6 Å². The van der Waals surface area contributed by atoms with Crippen LogP contribution in [0.5, 0.6) is 0 Å².